The number of amides is 2. The van der Waals surface area contributed by atoms with Crippen LogP contribution < -0.4 is 0 Å². The minimum absolute atomic E-state index is 0.0315. The molecule has 2 amide bonds. The third kappa shape index (κ3) is 3.70. The van der Waals surface area contributed by atoms with Crippen LogP contribution in [0.1, 0.15) is 35.3 Å². The van der Waals surface area contributed by atoms with E-state index in [1.807, 2.05) is 11.0 Å². The Morgan fingerprint density at radius 2 is 2.07 bits per heavy atom. The predicted molar refractivity (Wildman–Crippen MR) is 98.2 cm³/mol. The molecule has 1 aromatic heterocycles. The Morgan fingerprint density at radius 1 is 1.19 bits per heavy atom. The Hall–Kier alpha value is -2.76. The van der Waals surface area contributed by atoms with Gasteiger partial charge >= 0.3 is 0 Å². The van der Waals surface area contributed by atoms with Crippen LogP contribution in [0.5, 0.6) is 0 Å². The first-order chi connectivity index (χ1) is 13.1. The van der Waals surface area contributed by atoms with Crippen LogP contribution in [0, 0.1) is 11.7 Å². The van der Waals surface area contributed by atoms with Gasteiger partial charge < -0.3 is 9.80 Å². The Kier molecular flexibility index (Phi) is 4.88. The Balaban J connectivity index is 1.55. The maximum absolute atomic E-state index is 13.6. The normalized spacial score (nSPS) is 22.5. The average Bonchev–Trinajstić information content (AvgIpc) is 3.04. The molecule has 4 rings (SSSR count). The van der Waals surface area contributed by atoms with E-state index in [-0.39, 0.29) is 29.6 Å². The maximum Gasteiger partial charge on any atom is 0.272 e. The van der Waals surface area contributed by atoms with E-state index >= 15 is 0 Å². The van der Waals surface area contributed by atoms with Gasteiger partial charge in [0.15, 0.2) is 0 Å². The molecule has 2 atom stereocenters. The lowest BCUT2D eigenvalue weighted by molar-refractivity contribution is -0.133. The van der Waals surface area contributed by atoms with Crippen LogP contribution in [0.25, 0.3) is 0 Å². The minimum atomic E-state index is -0.301. The summed E-state index contributed by atoms with van der Waals surface area (Å²) in [5.74, 6) is -0.0666. The molecule has 0 bridgehead atoms. The molecule has 2 aliphatic rings. The fourth-order valence-electron chi connectivity index (χ4n) is 4.19. The fraction of sp³-hybridized carbons (Fsp3) is 0.381. The Labute approximate surface area is 157 Å². The van der Waals surface area contributed by atoms with Crippen LogP contribution in [0.2, 0.25) is 0 Å². The van der Waals surface area contributed by atoms with Crippen molar-refractivity contribution in [2.45, 2.75) is 31.8 Å². The summed E-state index contributed by atoms with van der Waals surface area (Å²) in [6.07, 6.45) is 3.87. The molecule has 140 valence electrons. The Bertz CT molecular complexity index is 842. The number of rotatable bonds is 3. The van der Waals surface area contributed by atoms with Crippen LogP contribution >= 0.6 is 0 Å². The van der Waals surface area contributed by atoms with Gasteiger partial charge in [0.2, 0.25) is 5.91 Å². The van der Waals surface area contributed by atoms with Crippen molar-refractivity contribution in [3.8, 4) is 0 Å². The summed E-state index contributed by atoms with van der Waals surface area (Å²) in [6, 6.07) is 11.6. The van der Waals surface area contributed by atoms with Crippen molar-refractivity contribution in [3.05, 3.63) is 65.7 Å². The molecule has 2 fully saturated rings. The molecule has 1 aromatic carbocycles. The first-order valence-corrected chi connectivity index (χ1v) is 9.36. The van der Waals surface area contributed by atoms with Crippen LogP contribution in [-0.2, 0) is 11.3 Å². The molecular formula is C21H22FN3O2. The molecule has 0 saturated carbocycles. The SMILES string of the molecule is O=C(c1ccccn1)N1C[C@H]2CCCC(=O)N(Cc3cccc(F)c3)[C@H]2C1. The van der Waals surface area contributed by atoms with Crippen molar-refractivity contribution in [3.63, 3.8) is 0 Å². The van der Waals surface area contributed by atoms with Gasteiger partial charge in [-0.1, -0.05) is 18.2 Å². The van der Waals surface area contributed by atoms with E-state index in [1.54, 1.807) is 35.4 Å². The van der Waals surface area contributed by atoms with E-state index in [1.165, 1.54) is 12.1 Å². The molecular weight excluding hydrogens is 345 g/mol. The highest BCUT2D eigenvalue weighted by Crippen LogP contribution is 2.32. The average molecular weight is 367 g/mol. The Morgan fingerprint density at radius 3 is 2.85 bits per heavy atom. The van der Waals surface area contributed by atoms with Gasteiger partial charge in [0, 0.05) is 32.3 Å². The van der Waals surface area contributed by atoms with Gasteiger partial charge in [-0.2, -0.15) is 0 Å². The number of carbonyl (C=O) groups excluding carboxylic acids is 2. The van der Waals surface area contributed by atoms with Crippen LogP contribution in [0.3, 0.4) is 0 Å². The topological polar surface area (TPSA) is 53.5 Å². The summed E-state index contributed by atoms with van der Waals surface area (Å²) >= 11 is 0. The summed E-state index contributed by atoms with van der Waals surface area (Å²) in [5.41, 5.74) is 1.20. The second-order valence-corrected chi connectivity index (χ2v) is 7.30. The van der Waals surface area contributed by atoms with E-state index in [9.17, 15) is 14.0 Å². The molecule has 0 unspecified atom stereocenters. The summed E-state index contributed by atoms with van der Waals surface area (Å²) in [5, 5.41) is 0. The number of benzene rings is 1. The summed E-state index contributed by atoms with van der Waals surface area (Å²) in [4.78, 5) is 33.3. The second-order valence-electron chi connectivity index (χ2n) is 7.30. The molecule has 0 aliphatic carbocycles. The first kappa shape index (κ1) is 17.6. The van der Waals surface area contributed by atoms with Crippen LogP contribution in [0.4, 0.5) is 4.39 Å². The maximum atomic E-state index is 13.6. The molecule has 0 radical (unpaired) electrons. The van der Waals surface area contributed by atoms with E-state index in [4.69, 9.17) is 0 Å². The zero-order valence-corrected chi connectivity index (χ0v) is 15.1. The molecule has 2 aliphatic heterocycles. The molecule has 5 nitrogen and oxygen atoms in total. The number of halogens is 1. The van der Waals surface area contributed by atoms with Gasteiger partial charge in [0.25, 0.3) is 5.91 Å². The fourth-order valence-corrected chi connectivity index (χ4v) is 4.19. The molecule has 27 heavy (non-hydrogen) atoms. The van der Waals surface area contributed by atoms with E-state index in [0.29, 0.717) is 31.7 Å². The highest BCUT2D eigenvalue weighted by molar-refractivity contribution is 5.92. The highest BCUT2D eigenvalue weighted by atomic mass is 19.1. The highest BCUT2D eigenvalue weighted by Gasteiger charge is 2.42. The van der Waals surface area contributed by atoms with Crippen molar-refractivity contribution >= 4 is 11.8 Å². The van der Waals surface area contributed by atoms with Crippen molar-refractivity contribution in [2.24, 2.45) is 5.92 Å². The number of likely N-dealkylation sites (tertiary alicyclic amines) is 2. The number of aromatic nitrogens is 1. The predicted octanol–water partition coefficient (Wildman–Crippen LogP) is 2.87. The van der Waals surface area contributed by atoms with E-state index < -0.39 is 0 Å². The van der Waals surface area contributed by atoms with Crippen LogP contribution in [-0.4, -0.2) is 45.7 Å². The molecule has 2 aromatic rings. The third-order valence-electron chi connectivity index (χ3n) is 5.51. The quantitative estimate of drug-likeness (QED) is 0.838. The summed E-state index contributed by atoms with van der Waals surface area (Å²) in [7, 11) is 0. The van der Waals surface area contributed by atoms with Crippen molar-refractivity contribution in [1.29, 1.82) is 0 Å². The summed E-state index contributed by atoms with van der Waals surface area (Å²) < 4.78 is 13.6. The number of nitrogens with zero attached hydrogens (tertiary/aromatic N) is 3. The van der Waals surface area contributed by atoms with Gasteiger partial charge in [0.05, 0.1) is 6.04 Å². The molecule has 2 saturated heterocycles. The lowest BCUT2D eigenvalue weighted by Crippen LogP contribution is -2.43. The monoisotopic (exact) mass is 367 g/mol. The molecule has 6 heteroatoms. The first-order valence-electron chi connectivity index (χ1n) is 9.36. The van der Waals surface area contributed by atoms with Crippen molar-refractivity contribution in [2.75, 3.05) is 13.1 Å². The lowest BCUT2D eigenvalue weighted by Gasteiger charge is -2.30. The molecule has 3 heterocycles. The van der Waals surface area contributed by atoms with E-state index in [0.717, 1.165) is 18.4 Å². The zero-order valence-electron chi connectivity index (χ0n) is 15.1. The number of fused-ring (bicyclic) bond motifs is 1. The third-order valence-corrected chi connectivity index (χ3v) is 5.51. The van der Waals surface area contributed by atoms with Gasteiger partial charge in [-0.15, -0.1) is 0 Å². The largest absolute Gasteiger partial charge is 0.335 e. The van der Waals surface area contributed by atoms with Gasteiger partial charge in [-0.05, 0) is 48.6 Å². The zero-order chi connectivity index (χ0) is 18.8. The lowest BCUT2D eigenvalue weighted by atomic mass is 9.98. The standard InChI is InChI=1S/C21H22FN3O2/c22-17-7-3-5-15(11-17)12-25-19-14-24(13-16(19)6-4-9-20(25)26)21(27)18-8-1-2-10-23-18/h1-3,5,7-8,10-11,16,19H,4,6,9,12-14H2/t16-,19+/m1/s1. The number of hydrogen-bond donors (Lipinski definition) is 0. The molecule has 0 spiro atoms. The second kappa shape index (κ2) is 7.47. The number of carbonyl (C=O) groups is 2. The minimum Gasteiger partial charge on any atom is -0.335 e. The summed E-state index contributed by atoms with van der Waals surface area (Å²) in [6.45, 7) is 1.51. The van der Waals surface area contributed by atoms with Gasteiger partial charge in [0.1, 0.15) is 11.5 Å². The number of pyridine rings is 1. The van der Waals surface area contributed by atoms with Gasteiger partial charge in [-0.25, -0.2) is 4.39 Å². The smallest absolute Gasteiger partial charge is 0.272 e. The van der Waals surface area contributed by atoms with Crippen molar-refractivity contribution < 1.29 is 14.0 Å². The number of hydrogen-bond acceptors (Lipinski definition) is 3. The molecule has 0 N–H and O–H groups in total. The van der Waals surface area contributed by atoms with Gasteiger partial charge in [-0.3, -0.25) is 14.6 Å². The van der Waals surface area contributed by atoms with E-state index in [2.05, 4.69) is 4.98 Å². The van der Waals surface area contributed by atoms with Crippen molar-refractivity contribution in [1.82, 2.24) is 14.8 Å². The van der Waals surface area contributed by atoms with Crippen LogP contribution in [0.15, 0.2) is 48.7 Å².